The SMILES string of the molecule is CC(Cl)C1CCN(C(=O)CCc2ccccc2)CC1. The molecule has 0 spiro atoms. The van der Waals surface area contributed by atoms with Crippen molar-refractivity contribution in [2.45, 2.75) is 38.0 Å². The van der Waals surface area contributed by atoms with Gasteiger partial charge in [0.1, 0.15) is 0 Å². The quantitative estimate of drug-likeness (QED) is 0.773. The molecule has 1 heterocycles. The van der Waals surface area contributed by atoms with E-state index in [2.05, 4.69) is 19.1 Å². The van der Waals surface area contributed by atoms with E-state index in [-0.39, 0.29) is 11.3 Å². The van der Waals surface area contributed by atoms with Gasteiger partial charge in [-0.25, -0.2) is 0 Å². The van der Waals surface area contributed by atoms with Gasteiger partial charge in [-0.15, -0.1) is 11.6 Å². The van der Waals surface area contributed by atoms with E-state index in [4.69, 9.17) is 11.6 Å². The molecule has 0 saturated carbocycles. The first-order valence-electron chi connectivity index (χ1n) is 7.12. The van der Waals surface area contributed by atoms with Gasteiger partial charge in [-0.05, 0) is 37.7 Å². The Morgan fingerprint density at radius 1 is 1.32 bits per heavy atom. The van der Waals surface area contributed by atoms with E-state index in [1.807, 2.05) is 23.1 Å². The number of likely N-dealkylation sites (tertiary alicyclic amines) is 1. The number of rotatable bonds is 4. The van der Waals surface area contributed by atoms with Gasteiger partial charge >= 0.3 is 0 Å². The molecule has 0 radical (unpaired) electrons. The van der Waals surface area contributed by atoms with Crippen LogP contribution in [0.25, 0.3) is 0 Å². The van der Waals surface area contributed by atoms with Crippen molar-refractivity contribution >= 4 is 17.5 Å². The summed E-state index contributed by atoms with van der Waals surface area (Å²) in [5, 5.41) is 0.224. The summed E-state index contributed by atoms with van der Waals surface area (Å²) >= 11 is 6.12. The van der Waals surface area contributed by atoms with E-state index in [0.29, 0.717) is 12.3 Å². The number of carbonyl (C=O) groups excluding carboxylic acids is 1. The number of hydrogen-bond donors (Lipinski definition) is 0. The molecule has 1 aliphatic heterocycles. The maximum absolute atomic E-state index is 12.1. The van der Waals surface area contributed by atoms with Crippen LogP contribution in [0.2, 0.25) is 0 Å². The molecule has 1 fully saturated rings. The monoisotopic (exact) mass is 279 g/mol. The minimum Gasteiger partial charge on any atom is -0.343 e. The molecule has 1 aromatic rings. The molecular formula is C16H22ClNO. The first kappa shape index (κ1) is 14.4. The van der Waals surface area contributed by atoms with Crippen molar-refractivity contribution in [3.63, 3.8) is 0 Å². The number of piperidine rings is 1. The molecule has 0 N–H and O–H groups in total. The number of hydrogen-bond acceptors (Lipinski definition) is 1. The highest BCUT2D eigenvalue weighted by atomic mass is 35.5. The maximum Gasteiger partial charge on any atom is 0.222 e. The number of aryl methyl sites for hydroxylation is 1. The van der Waals surface area contributed by atoms with Crippen molar-refractivity contribution in [2.75, 3.05) is 13.1 Å². The van der Waals surface area contributed by atoms with Crippen LogP contribution in [0.5, 0.6) is 0 Å². The number of benzene rings is 1. The average molecular weight is 280 g/mol. The van der Waals surface area contributed by atoms with Crippen molar-refractivity contribution in [3.8, 4) is 0 Å². The van der Waals surface area contributed by atoms with Gasteiger partial charge < -0.3 is 4.90 Å². The maximum atomic E-state index is 12.1. The van der Waals surface area contributed by atoms with Gasteiger partial charge in [0, 0.05) is 24.9 Å². The highest BCUT2D eigenvalue weighted by Gasteiger charge is 2.24. The van der Waals surface area contributed by atoms with Gasteiger partial charge in [-0.3, -0.25) is 4.79 Å². The van der Waals surface area contributed by atoms with E-state index >= 15 is 0 Å². The summed E-state index contributed by atoms with van der Waals surface area (Å²) in [4.78, 5) is 14.1. The second-order valence-electron chi connectivity index (χ2n) is 5.38. The van der Waals surface area contributed by atoms with Crippen LogP contribution < -0.4 is 0 Å². The van der Waals surface area contributed by atoms with Crippen molar-refractivity contribution in [3.05, 3.63) is 35.9 Å². The fraction of sp³-hybridized carbons (Fsp3) is 0.562. The zero-order valence-electron chi connectivity index (χ0n) is 11.5. The molecule has 104 valence electrons. The summed E-state index contributed by atoms with van der Waals surface area (Å²) in [6.45, 7) is 3.80. The molecule has 0 bridgehead atoms. The lowest BCUT2D eigenvalue weighted by atomic mass is 9.93. The van der Waals surface area contributed by atoms with Gasteiger partial charge in [0.2, 0.25) is 5.91 Å². The Hall–Kier alpha value is -1.02. The van der Waals surface area contributed by atoms with Crippen LogP contribution in [-0.2, 0) is 11.2 Å². The van der Waals surface area contributed by atoms with E-state index in [1.54, 1.807) is 0 Å². The van der Waals surface area contributed by atoms with Gasteiger partial charge in [0.05, 0.1) is 0 Å². The third-order valence-corrected chi connectivity index (χ3v) is 4.37. The van der Waals surface area contributed by atoms with Crippen LogP contribution in [-0.4, -0.2) is 29.3 Å². The molecule has 1 atom stereocenters. The van der Waals surface area contributed by atoms with Crippen molar-refractivity contribution in [1.82, 2.24) is 4.90 Å². The molecule has 1 saturated heterocycles. The zero-order chi connectivity index (χ0) is 13.7. The number of carbonyl (C=O) groups is 1. The Kier molecular flexibility index (Phi) is 5.26. The van der Waals surface area contributed by atoms with Crippen LogP contribution in [0.1, 0.15) is 31.7 Å². The van der Waals surface area contributed by atoms with Gasteiger partial charge in [-0.2, -0.15) is 0 Å². The summed E-state index contributed by atoms with van der Waals surface area (Å²) in [6.07, 6.45) is 3.54. The molecular weight excluding hydrogens is 258 g/mol. The first-order valence-corrected chi connectivity index (χ1v) is 7.56. The van der Waals surface area contributed by atoms with Gasteiger partial charge in [0.25, 0.3) is 0 Å². The predicted molar refractivity (Wildman–Crippen MR) is 79.4 cm³/mol. The molecule has 1 amide bonds. The molecule has 2 rings (SSSR count). The van der Waals surface area contributed by atoms with E-state index in [9.17, 15) is 4.79 Å². The van der Waals surface area contributed by atoms with Crippen LogP contribution in [0, 0.1) is 5.92 Å². The smallest absolute Gasteiger partial charge is 0.222 e. The van der Waals surface area contributed by atoms with E-state index in [1.165, 1.54) is 5.56 Å². The largest absolute Gasteiger partial charge is 0.343 e. The van der Waals surface area contributed by atoms with E-state index < -0.39 is 0 Å². The number of alkyl halides is 1. The van der Waals surface area contributed by atoms with Crippen molar-refractivity contribution in [1.29, 1.82) is 0 Å². The number of amides is 1. The minimum absolute atomic E-state index is 0.224. The Balaban J connectivity index is 1.76. The molecule has 0 aliphatic carbocycles. The Labute approximate surface area is 120 Å². The third kappa shape index (κ3) is 4.24. The summed E-state index contributed by atoms with van der Waals surface area (Å²) in [5.41, 5.74) is 1.24. The van der Waals surface area contributed by atoms with Gasteiger partial charge in [0.15, 0.2) is 0 Å². The normalized spacial score (nSPS) is 18.3. The van der Waals surface area contributed by atoms with Crippen LogP contribution in [0.15, 0.2) is 30.3 Å². The fourth-order valence-electron chi connectivity index (χ4n) is 2.66. The second-order valence-corrected chi connectivity index (χ2v) is 6.07. The van der Waals surface area contributed by atoms with Crippen LogP contribution in [0.4, 0.5) is 0 Å². The summed E-state index contributed by atoms with van der Waals surface area (Å²) < 4.78 is 0. The molecule has 1 aliphatic rings. The molecule has 2 nitrogen and oxygen atoms in total. The lowest BCUT2D eigenvalue weighted by Gasteiger charge is -2.33. The Morgan fingerprint density at radius 3 is 2.53 bits per heavy atom. The second kappa shape index (κ2) is 6.95. The lowest BCUT2D eigenvalue weighted by Crippen LogP contribution is -2.40. The van der Waals surface area contributed by atoms with Crippen molar-refractivity contribution in [2.24, 2.45) is 5.92 Å². The average Bonchev–Trinajstić information content (AvgIpc) is 2.46. The standard InChI is InChI=1S/C16H22ClNO/c1-13(17)15-9-11-18(12-10-15)16(19)8-7-14-5-3-2-4-6-14/h2-6,13,15H,7-12H2,1H3. The van der Waals surface area contributed by atoms with Gasteiger partial charge in [-0.1, -0.05) is 30.3 Å². The molecule has 1 aromatic carbocycles. The fourth-order valence-corrected chi connectivity index (χ4v) is 2.91. The Morgan fingerprint density at radius 2 is 1.95 bits per heavy atom. The van der Waals surface area contributed by atoms with E-state index in [0.717, 1.165) is 32.4 Å². The van der Waals surface area contributed by atoms with Crippen LogP contribution in [0.3, 0.4) is 0 Å². The Bertz CT molecular complexity index is 396. The lowest BCUT2D eigenvalue weighted by molar-refractivity contribution is -0.132. The highest BCUT2D eigenvalue weighted by molar-refractivity contribution is 6.20. The summed E-state index contributed by atoms with van der Waals surface area (Å²) in [7, 11) is 0. The molecule has 1 unspecified atom stereocenters. The summed E-state index contributed by atoms with van der Waals surface area (Å²) in [5.74, 6) is 0.851. The number of nitrogens with zero attached hydrogens (tertiary/aromatic N) is 1. The van der Waals surface area contributed by atoms with Crippen LogP contribution >= 0.6 is 11.6 Å². The third-order valence-electron chi connectivity index (χ3n) is 4.01. The molecule has 0 aromatic heterocycles. The van der Waals surface area contributed by atoms with Crippen molar-refractivity contribution < 1.29 is 4.79 Å². The predicted octanol–water partition coefficient (Wildman–Crippen LogP) is 3.49. The molecule has 3 heteroatoms. The number of halogens is 1. The zero-order valence-corrected chi connectivity index (χ0v) is 12.3. The first-order chi connectivity index (χ1) is 9.16. The molecule has 19 heavy (non-hydrogen) atoms. The minimum atomic E-state index is 0.224. The highest BCUT2D eigenvalue weighted by Crippen LogP contribution is 2.24. The summed E-state index contributed by atoms with van der Waals surface area (Å²) in [6, 6.07) is 10.2. The topological polar surface area (TPSA) is 20.3 Å².